The first-order chi connectivity index (χ1) is 16.1. The Balaban J connectivity index is 1.55. The van der Waals surface area contributed by atoms with E-state index in [4.69, 9.17) is 0 Å². The van der Waals surface area contributed by atoms with Crippen molar-refractivity contribution in [3.8, 4) is 11.1 Å². The first-order valence-electron chi connectivity index (χ1n) is 12.0. The molecule has 3 aromatic rings. The summed E-state index contributed by atoms with van der Waals surface area (Å²) in [7, 11) is 0. The number of carboxylic acid groups (broad SMARTS) is 1. The van der Waals surface area contributed by atoms with E-state index in [1.807, 2.05) is 13.0 Å². The number of hydrogen-bond donors (Lipinski definition) is 2. The molecule has 7 heteroatoms. The van der Waals surface area contributed by atoms with Gasteiger partial charge in [0.1, 0.15) is 0 Å². The third-order valence-electron chi connectivity index (χ3n) is 6.59. The number of tetrazole rings is 1. The third-order valence-corrected chi connectivity index (χ3v) is 6.59. The van der Waals surface area contributed by atoms with Crippen molar-refractivity contribution >= 4 is 5.97 Å². The van der Waals surface area contributed by atoms with Gasteiger partial charge in [0.2, 0.25) is 0 Å². The van der Waals surface area contributed by atoms with E-state index < -0.39 is 11.9 Å². The minimum absolute atomic E-state index is 0.332. The second-order valence-corrected chi connectivity index (χ2v) is 9.05. The van der Waals surface area contributed by atoms with Crippen molar-refractivity contribution < 1.29 is 9.90 Å². The number of hydrogen-bond acceptors (Lipinski definition) is 5. The smallest absolute Gasteiger partial charge is 0.307 e. The highest BCUT2D eigenvalue weighted by Gasteiger charge is 2.32. The van der Waals surface area contributed by atoms with Gasteiger partial charge < -0.3 is 5.11 Å². The summed E-state index contributed by atoms with van der Waals surface area (Å²) in [6.45, 7) is 5.35. The molecule has 0 radical (unpaired) electrons. The SMILES string of the molecule is CCCC(C(=O)O)C(Cc1cccc(-c2cccc(CN3CCCCC3)c2)c1)c1nn[nH]n1. The normalized spacial score (nSPS) is 16.4. The summed E-state index contributed by atoms with van der Waals surface area (Å²) < 4.78 is 0. The number of aliphatic carboxylic acids is 1. The number of carboxylic acids is 1. The number of benzene rings is 2. The molecular formula is C26H33N5O2. The van der Waals surface area contributed by atoms with E-state index in [0.717, 1.165) is 24.1 Å². The van der Waals surface area contributed by atoms with Crippen molar-refractivity contribution in [3.63, 3.8) is 0 Å². The molecule has 2 unspecified atom stereocenters. The average Bonchev–Trinajstić information content (AvgIpc) is 3.37. The Hall–Kier alpha value is -3.06. The van der Waals surface area contributed by atoms with Crippen molar-refractivity contribution in [1.82, 2.24) is 25.5 Å². The number of aromatic amines is 1. The van der Waals surface area contributed by atoms with Crippen molar-refractivity contribution in [2.75, 3.05) is 13.1 Å². The molecule has 1 aliphatic heterocycles. The average molecular weight is 448 g/mol. The molecule has 2 N–H and O–H groups in total. The summed E-state index contributed by atoms with van der Waals surface area (Å²) in [5.74, 6) is -1.23. The quantitative estimate of drug-likeness (QED) is 0.469. The van der Waals surface area contributed by atoms with Gasteiger partial charge in [-0.1, -0.05) is 67.4 Å². The van der Waals surface area contributed by atoms with Crippen LogP contribution in [0.15, 0.2) is 48.5 Å². The van der Waals surface area contributed by atoms with Crippen LogP contribution in [0.5, 0.6) is 0 Å². The molecule has 1 aliphatic rings. The predicted molar refractivity (Wildman–Crippen MR) is 128 cm³/mol. The van der Waals surface area contributed by atoms with E-state index in [-0.39, 0.29) is 5.92 Å². The number of H-pyrrole nitrogens is 1. The van der Waals surface area contributed by atoms with E-state index in [2.05, 4.69) is 68.0 Å². The predicted octanol–water partition coefficient (Wildman–Crippen LogP) is 4.68. The number of likely N-dealkylation sites (tertiary alicyclic amines) is 1. The van der Waals surface area contributed by atoms with Crippen molar-refractivity contribution in [2.45, 2.75) is 57.9 Å². The number of aromatic nitrogens is 4. The second-order valence-electron chi connectivity index (χ2n) is 9.05. The summed E-state index contributed by atoms with van der Waals surface area (Å²) in [4.78, 5) is 14.6. The number of nitrogens with one attached hydrogen (secondary N) is 1. The van der Waals surface area contributed by atoms with Crippen molar-refractivity contribution in [3.05, 3.63) is 65.5 Å². The minimum atomic E-state index is -0.812. The lowest BCUT2D eigenvalue weighted by molar-refractivity contribution is -0.142. The number of carbonyl (C=O) groups is 1. The van der Waals surface area contributed by atoms with Gasteiger partial charge in [-0.05, 0) is 67.1 Å². The van der Waals surface area contributed by atoms with Crippen LogP contribution < -0.4 is 0 Å². The molecule has 0 amide bonds. The van der Waals surface area contributed by atoms with Gasteiger partial charge in [0.05, 0.1) is 5.92 Å². The van der Waals surface area contributed by atoms with Crippen molar-refractivity contribution in [2.24, 2.45) is 5.92 Å². The molecule has 0 spiro atoms. The van der Waals surface area contributed by atoms with E-state index in [1.54, 1.807) is 0 Å². The highest BCUT2D eigenvalue weighted by atomic mass is 16.4. The summed E-state index contributed by atoms with van der Waals surface area (Å²) >= 11 is 0. The fourth-order valence-electron chi connectivity index (χ4n) is 4.90. The number of piperidine rings is 1. The zero-order valence-corrected chi connectivity index (χ0v) is 19.3. The van der Waals surface area contributed by atoms with E-state index in [1.165, 1.54) is 43.5 Å². The molecule has 4 rings (SSSR count). The molecule has 1 aromatic heterocycles. The van der Waals surface area contributed by atoms with Crippen LogP contribution in [0, 0.1) is 5.92 Å². The lowest BCUT2D eigenvalue weighted by Crippen LogP contribution is -2.29. The Morgan fingerprint density at radius 3 is 2.39 bits per heavy atom. The van der Waals surface area contributed by atoms with Crippen LogP contribution in [0.2, 0.25) is 0 Å². The number of rotatable bonds is 10. The maximum Gasteiger partial charge on any atom is 0.307 e. The summed E-state index contributed by atoms with van der Waals surface area (Å²) in [6, 6.07) is 17.1. The van der Waals surface area contributed by atoms with Gasteiger partial charge in [-0.15, -0.1) is 10.2 Å². The highest BCUT2D eigenvalue weighted by Crippen LogP contribution is 2.31. The highest BCUT2D eigenvalue weighted by molar-refractivity contribution is 5.71. The molecule has 174 valence electrons. The fraction of sp³-hybridized carbons (Fsp3) is 0.462. The molecule has 2 aromatic carbocycles. The van der Waals surface area contributed by atoms with Gasteiger partial charge in [0.25, 0.3) is 0 Å². The zero-order valence-electron chi connectivity index (χ0n) is 19.3. The fourth-order valence-corrected chi connectivity index (χ4v) is 4.90. The molecule has 7 nitrogen and oxygen atoms in total. The summed E-state index contributed by atoms with van der Waals surface area (Å²) in [6.07, 6.45) is 5.84. The van der Waals surface area contributed by atoms with Gasteiger partial charge in [-0.25, -0.2) is 0 Å². The first-order valence-corrected chi connectivity index (χ1v) is 12.0. The van der Waals surface area contributed by atoms with Gasteiger partial charge in [0, 0.05) is 12.5 Å². The molecule has 0 saturated carbocycles. The van der Waals surface area contributed by atoms with Crippen LogP contribution in [0.1, 0.15) is 61.9 Å². The maximum atomic E-state index is 12.0. The standard InChI is InChI=1S/C26H33N5O2/c1-2-8-23(26(32)33)24(25-27-29-30-28-25)17-19-9-6-11-21(15-19)22-12-7-10-20(16-22)18-31-13-4-3-5-14-31/h6-7,9-12,15-16,23-24H,2-5,8,13-14,17-18H2,1H3,(H,32,33)(H,27,28,29,30). The van der Waals surface area contributed by atoms with E-state index in [9.17, 15) is 9.90 Å². The summed E-state index contributed by atoms with van der Waals surface area (Å²) in [5, 5.41) is 24.3. The molecule has 1 fully saturated rings. The molecular weight excluding hydrogens is 414 g/mol. The monoisotopic (exact) mass is 447 g/mol. The zero-order chi connectivity index (χ0) is 23.0. The van der Waals surface area contributed by atoms with Gasteiger partial charge in [0.15, 0.2) is 5.82 Å². The van der Waals surface area contributed by atoms with Gasteiger partial charge in [-0.2, -0.15) is 5.21 Å². The topological polar surface area (TPSA) is 95.0 Å². The molecule has 33 heavy (non-hydrogen) atoms. The van der Waals surface area contributed by atoms with E-state index in [0.29, 0.717) is 18.7 Å². The van der Waals surface area contributed by atoms with Crippen LogP contribution in [0.3, 0.4) is 0 Å². The second kappa shape index (κ2) is 11.2. The molecule has 2 atom stereocenters. The third kappa shape index (κ3) is 6.05. The van der Waals surface area contributed by atoms with Crippen LogP contribution in [-0.4, -0.2) is 49.7 Å². The lowest BCUT2D eigenvalue weighted by Gasteiger charge is -2.26. The van der Waals surface area contributed by atoms with Crippen LogP contribution in [0.25, 0.3) is 11.1 Å². The van der Waals surface area contributed by atoms with Crippen LogP contribution >= 0.6 is 0 Å². The Morgan fingerprint density at radius 2 is 1.76 bits per heavy atom. The molecule has 1 saturated heterocycles. The number of nitrogens with zero attached hydrogens (tertiary/aromatic N) is 4. The van der Waals surface area contributed by atoms with E-state index >= 15 is 0 Å². The van der Waals surface area contributed by atoms with Crippen molar-refractivity contribution in [1.29, 1.82) is 0 Å². The Morgan fingerprint density at radius 1 is 1.06 bits per heavy atom. The van der Waals surface area contributed by atoms with Gasteiger partial charge in [-0.3, -0.25) is 9.69 Å². The Kier molecular flexibility index (Phi) is 7.83. The molecule has 2 heterocycles. The van der Waals surface area contributed by atoms with Crippen LogP contribution in [-0.2, 0) is 17.8 Å². The Labute approximate surface area is 195 Å². The lowest BCUT2D eigenvalue weighted by atomic mass is 9.83. The maximum absolute atomic E-state index is 12.0. The van der Waals surface area contributed by atoms with Gasteiger partial charge >= 0.3 is 5.97 Å². The largest absolute Gasteiger partial charge is 0.481 e. The Bertz CT molecular complexity index is 1030. The summed E-state index contributed by atoms with van der Waals surface area (Å²) in [5.41, 5.74) is 4.73. The van der Waals surface area contributed by atoms with Crippen LogP contribution in [0.4, 0.5) is 0 Å². The molecule has 0 aliphatic carbocycles. The minimum Gasteiger partial charge on any atom is -0.481 e. The molecule has 0 bridgehead atoms. The first kappa shape index (κ1) is 23.1.